The van der Waals surface area contributed by atoms with Crippen LogP contribution in [0.1, 0.15) is 16.1 Å². The zero-order valence-electron chi connectivity index (χ0n) is 14.9. The van der Waals surface area contributed by atoms with Gasteiger partial charge >= 0.3 is 6.18 Å². The van der Waals surface area contributed by atoms with Crippen molar-refractivity contribution in [3.63, 3.8) is 0 Å². The molecule has 0 spiro atoms. The van der Waals surface area contributed by atoms with Crippen LogP contribution in [0.25, 0.3) is 11.3 Å². The largest absolute Gasteiger partial charge is 0.497 e. The molecule has 6 nitrogen and oxygen atoms in total. The maximum absolute atomic E-state index is 12.6. The third kappa shape index (κ3) is 4.08. The Labute approximate surface area is 158 Å². The van der Waals surface area contributed by atoms with Crippen molar-refractivity contribution in [2.24, 2.45) is 0 Å². The summed E-state index contributed by atoms with van der Waals surface area (Å²) in [4.78, 5) is 12.3. The summed E-state index contributed by atoms with van der Waals surface area (Å²) in [6, 6.07) is 10.8. The predicted molar refractivity (Wildman–Crippen MR) is 96.5 cm³/mol. The van der Waals surface area contributed by atoms with Crippen molar-refractivity contribution in [3.8, 4) is 22.8 Å². The van der Waals surface area contributed by atoms with Gasteiger partial charge in [0, 0.05) is 17.3 Å². The van der Waals surface area contributed by atoms with Crippen molar-refractivity contribution in [1.29, 1.82) is 0 Å². The van der Waals surface area contributed by atoms with Crippen LogP contribution in [0, 0.1) is 0 Å². The van der Waals surface area contributed by atoms with E-state index < -0.39 is 17.6 Å². The number of alkyl halides is 3. The quantitative estimate of drug-likeness (QED) is 0.677. The lowest BCUT2D eigenvalue weighted by atomic mass is 10.1. The topological polar surface area (TPSA) is 76.2 Å². The second-order valence-electron chi connectivity index (χ2n) is 5.76. The van der Waals surface area contributed by atoms with Crippen LogP contribution in [0.3, 0.4) is 0 Å². The summed E-state index contributed by atoms with van der Waals surface area (Å²) in [5.41, 5.74) is 0.704. The number of rotatable bonds is 5. The van der Waals surface area contributed by atoms with E-state index >= 15 is 0 Å². The van der Waals surface area contributed by atoms with Gasteiger partial charge in [-0.3, -0.25) is 9.89 Å². The Morgan fingerprint density at radius 2 is 1.75 bits per heavy atom. The Morgan fingerprint density at radius 1 is 1.04 bits per heavy atom. The number of hydrogen-bond acceptors (Lipinski definition) is 4. The molecule has 0 aliphatic heterocycles. The minimum atomic E-state index is -4.43. The van der Waals surface area contributed by atoms with E-state index in [-0.39, 0.29) is 11.4 Å². The first-order chi connectivity index (χ1) is 13.3. The molecule has 0 radical (unpaired) electrons. The summed E-state index contributed by atoms with van der Waals surface area (Å²) in [6.07, 6.45) is -4.43. The third-order valence-electron chi connectivity index (χ3n) is 3.98. The Kier molecular flexibility index (Phi) is 5.25. The van der Waals surface area contributed by atoms with E-state index in [2.05, 4.69) is 15.5 Å². The van der Waals surface area contributed by atoms with Crippen molar-refractivity contribution in [1.82, 2.24) is 10.2 Å². The number of aromatic nitrogens is 2. The molecule has 0 aliphatic rings. The molecule has 0 atom stereocenters. The molecular weight excluding hydrogens is 375 g/mol. The molecule has 0 saturated carbocycles. The first-order valence-electron chi connectivity index (χ1n) is 8.08. The van der Waals surface area contributed by atoms with Crippen molar-refractivity contribution in [2.45, 2.75) is 6.18 Å². The number of H-pyrrole nitrogens is 1. The SMILES string of the molecule is COc1ccc(-c2cc(C(=O)Nc3ccc(C(F)(F)F)cc3)[nH]n2)c(OC)c1. The van der Waals surface area contributed by atoms with Crippen LogP contribution in [0.5, 0.6) is 11.5 Å². The summed E-state index contributed by atoms with van der Waals surface area (Å²) < 4.78 is 48.3. The summed E-state index contributed by atoms with van der Waals surface area (Å²) in [6.45, 7) is 0. The van der Waals surface area contributed by atoms with Crippen molar-refractivity contribution in [3.05, 3.63) is 59.8 Å². The summed E-state index contributed by atoms with van der Waals surface area (Å²) in [7, 11) is 3.04. The maximum Gasteiger partial charge on any atom is 0.416 e. The van der Waals surface area contributed by atoms with Gasteiger partial charge in [-0.1, -0.05) is 0 Å². The zero-order chi connectivity index (χ0) is 20.3. The number of amides is 1. The predicted octanol–water partition coefficient (Wildman–Crippen LogP) is 4.37. The molecule has 1 amide bonds. The molecule has 0 fully saturated rings. The standard InChI is InChI=1S/C19H16F3N3O3/c1-27-13-7-8-14(17(9-13)28-2)15-10-16(25-24-15)18(26)23-12-5-3-11(4-6-12)19(20,21)22/h3-10H,1-2H3,(H,23,26)(H,24,25). The van der Waals surface area contributed by atoms with Gasteiger partial charge in [0.1, 0.15) is 17.2 Å². The molecule has 146 valence electrons. The molecule has 2 N–H and O–H groups in total. The molecule has 0 aliphatic carbocycles. The fourth-order valence-electron chi connectivity index (χ4n) is 2.53. The van der Waals surface area contributed by atoms with Gasteiger partial charge in [-0.25, -0.2) is 0 Å². The van der Waals surface area contributed by atoms with Gasteiger partial charge < -0.3 is 14.8 Å². The van der Waals surface area contributed by atoms with Crippen LogP contribution >= 0.6 is 0 Å². The minimum absolute atomic E-state index is 0.146. The Bertz CT molecular complexity index is 982. The molecule has 0 bridgehead atoms. The van der Waals surface area contributed by atoms with E-state index in [1.165, 1.54) is 32.4 Å². The lowest BCUT2D eigenvalue weighted by Crippen LogP contribution is -2.12. The van der Waals surface area contributed by atoms with Crippen LogP contribution in [0.2, 0.25) is 0 Å². The number of nitrogens with zero attached hydrogens (tertiary/aromatic N) is 1. The molecule has 9 heteroatoms. The van der Waals surface area contributed by atoms with E-state index in [0.717, 1.165) is 12.1 Å². The van der Waals surface area contributed by atoms with Crippen LogP contribution in [-0.4, -0.2) is 30.3 Å². The van der Waals surface area contributed by atoms with Crippen LogP contribution in [0.15, 0.2) is 48.5 Å². The smallest absolute Gasteiger partial charge is 0.416 e. The Balaban J connectivity index is 1.78. The van der Waals surface area contributed by atoms with Gasteiger partial charge in [-0.05, 0) is 42.5 Å². The molecule has 28 heavy (non-hydrogen) atoms. The average Bonchev–Trinajstić information content (AvgIpc) is 3.17. The number of halogens is 3. The lowest BCUT2D eigenvalue weighted by Gasteiger charge is -2.08. The summed E-state index contributed by atoms with van der Waals surface area (Å²) >= 11 is 0. The number of ether oxygens (including phenoxy) is 2. The number of carbonyl (C=O) groups is 1. The minimum Gasteiger partial charge on any atom is -0.497 e. The number of anilines is 1. The van der Waals surface area contributed by atoms with Crippen LogP contribution < -0.4 is 14.8 Å². The van der Waals surface area contributed by atoms with Gasteiger partial charge in [0.25, 0.3) is 5.91 Å². The lowest BCUT2D eigenvalue weighted by molar-refractivity contribution is -0.137. The van der Waals surface area contributed by atoms with Gasteiger partial charge in [0.05, 0.1) is 25.5 Å². The number of nitrogens with one attached hydrogen (secondary N) is 2. The van der Waals surface area contributed by atoms with Gasteiger partial charge in [0.2, 0.25) is 0 Å². The Morgan fingerprint density at radius 3 is 2.36 bits per heavy atom. The average molecular weight is 391 g/mol. The van der Waals surface area contributed by atoms with Gasteiger partial charge in [0.15, 0.2) is 0 Å². The molecule has 3 rings (SSSR count). The monoisotopic (exact) mass is 391 g/mol. The van der Waals surface area contributed by atoms with Gasteiger partial charge in [-0.15, -0.1) is 0 Å². The fourth-order valence-corrected chi connectivity index (χ4v) is 2.53. The summed E-state index contributed by atoms with van der Waals surface area (Å²) in [5, 5.41) is 9.23. The Hall–Kier alpha value is -3.49. The number of hydrogen-bond donors (Lipinski definition) is 2. The van der Waals surface area contributed by atoms with Crippen molar-refractivity contribution in [2.75, 3.05) is 19.5 Å². The number of carbonyl (C=O) groups excluding carboxylic acids is 1. The number of methoxy groups -OCH3 is 2. The highest BCUT2D eigenvalue weighted by atomic mass is 19.4. The van der Waals surface area contributed by atoms with Crippen molar-refractivity contribution < 1.29 is 27.4 Å². The molecule has 0 unspecified atom stereocenters. The number of benzene rings is 2. The second-order valence-corrected chi connectivity index (χ2v) is 5.76. The molecule has 0 saturated heterocycles. The molecule has 2 aromatic carbocycles. The van der Waals surface area contributed by atoms with E-state index in [1.807, 2.05) is 0 Å². The molecule has 1 aromatic heterocycles. The molecular formula is C19H16F3N3O3. The molecule has 1 heterocycles. The normalized spacial score (nSPS) is 11.2. The second kappa shape index (κ2) is 7.63. The van der Waals surface area contributed by atoms with E-state index in [0.29, 0.717) is 22.8 Å². The fraction of sp³-hybridized carbons (Fsp3) is 0.158. The highest BCUT2D eigenvalue weighted by molar-refractivity contribution is 6.03. The maximum atomic E-state index is 12.6. The molecule has 3 aromatic rings. The highest BCUT2D eigenvalue weighted by Crippen LogP contribution is 2.33. The first-order valence-corrected chi connectivity index (χ1v) is 8.08. The van der Waals surface area contributed by atoms with Crippen LogP contribution in [-0.2, 0) is 6.18 Å². The summed E-state index contributed by atoms with van der Waals surface area (Å²) in [5.74, 6) is 0.586. The van der Waals surface area contributed by atoms with Crippen LogP contribution in [0.4, 0.5) is 18.9 Å². The zero-order valence-corrected chi connectivity index (χ0v) is 14.9. The van der Waals surface area contributed by atoms with E-state index in [4.69, 9.17) is 9.47 Å². The highest BCUT2D eigenvalue weighted by Gasteiger charge is 2.30. The van der Waals surface area contributed by atoms with Crippen molar-refractivity contribution >= 4 is 11.6 Å². The van der Waals surface area contributed by atoms with E-state index in [1.54, 1.807) is 18.2 Å². The first kappa shape index (κ1) is 19.3. The third-order valence-corrected chi connectivity index (χ3v) is 3.98. The number of aromatic amines is 1. The van der Waals surface area contributed by atoms with Gasteiger partial charge in [-0.2, -0.15) is 18.3 Å². The van der Waals surface area contributed by atoms with E-state index in [9.17, 15) is 18.0 Å².